The van der Waals surface area contributed by atoms with E-state index in [1.807, 2.05) is 0 Å². The molecule has 1 heterocycles. The maximum Gasteiger partial charge on any atom is 0.269 e. The Morgan fingerprint density at radius 2 is 1.88 bits per heavy atom. The number of hydrogen-bond acceptors (Lipinski definition) is 4. The molecule has 0 radical (unpaired) electrons. The van der Waals surface area contributed by atoms with E-state index in [4.69, 9.17) is 0 Å². The monoisotopic (exact) mass is 325 g/mol. The second kappa shape index (κ2) is 6.11. The summed E-state index contributed by atoms with van der Waals surface area (Å²) < 4.78 is 0. The summed E-state index contributed by atoms with van der Waals surface area (Å²) in [5.74, 6) is -0.463. The third-order valence-corrected chi connectivity index (χ3v) is 3.90. The Morgan fingerprint density at radius 3 is 2.54 bits per heavy atom. The molecule has 0 aliphatic carbocycles. The van der Waals surface area contributed by atoms with Crippen molar-refractivity contribution in [3.05, 3.63) is 64.2 Å². The van der Waals surface area contributed by atoms with Gasteiger partial charge in [-0.15, -0.1) is 0 Å². The van der Waals surface area contributed by atoms with E-state index in [1.165, 1.54) is 24.3 Å². The van der Waals surface area contributed by atoms with Crippen LogP contribution in [0.1, 0.15) is 23.7 Å². The molecule has 2 aromatic carbocycles. The van der Waals surface area contributed by atoms with E-state index in [2.05, 4.69) is 5.32 Å². The van der Waals surface area contributed by atoms with Gasteiger partial charge in [0.05, 0.1) is 16.3 Å². The number of hydrogen-bond donors (Lipinski definition) is 1. The van der Waals surface area contributed by atoms with E-state index in [9.17, 15) is 19.7 Å². The fraction of sp³-hybridized carbons (Fsp3) is 0.176. The van der Waals surface area contributed by atoms with Crippen LogP contribution < -0.4 is 10.2 Å². The van der Waals surface area contributed by atoms with E-state index in [1.54, 1.807) is 36.1 Å². The van der Waals surface area contributed by atoms with Crippen molar-refractivity contribution in [2.45, 2.75) is 19.4 Å². The molecule has 0 aromatic heterocycles. The summed E-state index contributed by atoms with van der Waals surface area (Å²) in [6, 6.07) is 12.2. The van der Waals surface area contributed by atoms with Crippen molar-refractivity contribution >= 4 is 28.9 Å². The van der Waals surface area contributed by atoms with Crippen LogP contribution in [0, 0.1) is 10.1 Å². The molecule has 0 saturated heterocycles. The quantitative estimate of drug-likeness (QED) is 0.678. The lowest BCUT2D eigenvalue weighted by molar-refractivity contribution is -0.384. The smallest absolute Gasteiger partial charge is 0.269 e. The molecule has 3 rings (SSSR count). The molecule has 0 fully saturated rings. The van der Waals surface area contributed by atoms with Crippen LogP contribution in [0.4, 0.5) is 17.1 Å². The van der Waals surface area contributed by atoms with Gasteiger partial charge in [-0.2, -0.15) is 0 Å². The van der Waals surface area contributed by atoms with Gasteiger partial charge in [0.1, 0.15) is 0 Å². The molecular formula is C17H15N3O4. The minimum atomic E-state index is -0.513. The lowest BCUT2D eigenvalue weighted by atomic mass is 10.1. The van der Waals surface area contributed by atoms with Crippen LogP contribution in [-0.2, 0) is 4.79 Å². The van der Waals surface area contributed by atoms with Crippen LogP contribution in [-0.4, -0.2) is 22.8 Å². The number of nitrogens with zero attached hydrogens (tertiary/aromatic N) is 2. The van der Waals surface area contributed by atoms with Crippen molar-refractivity contribution in [2.24, 2.45) is 0 Å². The maximum absolute atomic E-state index is 12.9. The van der Waals surface area contributed by atoms with Crippen molar-refractivity contribution in [2.75, 3.05) is 10.2 Å². The molecule has 7 nitrogen and oxygen atoms in total. The Kier molecular flexibility index (Phi) is 3.99. The summed E-state index contributed by atoms with van der Waals surface area (Å²) in [7, 11) is 0. The van der Waals surface area contributed by atoms with Gasteiger partial charge in [-0.3, -0.25) is 19.7 Å². The number of para-hydroxylation sites is 2. The number of carbonyl (C=O) groups excluding carboxylic acids is 2. The second-order valence-corrected chi connectivity index (χ2v) is 5.60. The number of fused-ring (bicyclic) bond motifs is 1. The van der Waals surface area contributed by atoms with Crippen LogP contribution >= 0.6 is 0 Å². The van der Waals surface area contributed by atoms with Crippen molar-refractivity contribution in [1.82, 2.24) is 0 Å². The summed E-state index contributed by atoms with van der Waals surface area (Å²) in [6.07, 6.45) is 0.174. The highest BCUT2D eigenvalue weighted by atomic mass is 16.6. The summed E-state index contributed by atoms with van der Waals surface area (Å²) >= 11 is 0. The summed E-state index contributed by atoms with van der Waals surface area (Å²) in [6.45, 7) is 1.80. The average molecular weight is 325 g/mol. The van der Waals surface area contributed by atoms with Crippen molar-refractivity contribution in [3.8, 4) is 0 Å². The number of carbonyl (C=O) groups is 2. The molecule has 7 heteroatoms. The van der Waals surface area contributed by atoms with E-state index in [0.717, 1.165) is 0 Å². The lowest BCUT2D eigenvalue weighted by Gasteiger charge is -2.27. The normalized spacial score (nSPS) is 16.8. The number of nitro groups is 1. The van der Waals surface area contributed by atoms with Crippen LogP contribution in [0.2, 0.25) is 0 Å². The zero-order valence-electron chi connectivity index (χ0n) is 12.9. The first-order chi connectivity index (χ1) is 11.5. The molecule has 1 aliphatic rings. The topological polar surface area (TPSA) is 92.6 Å². The number of rotatable bonds is 2. The molecular weight excluding hydrogens is 310 g/mol. The van der Waals surface area contributed by atoms with Gasteiger partial charge in [-0.05, 0) is 31.2 Å². The Morgan fingerprint density at radius 1 is 1.21 bits per heavy atom. The van der Waals surface area contributed by atoms with E-state index in [0.29, 0.717) is 16.9 Å². The molecule has 1 N–H and O–H groups in total. The molecule has 1 atom stereocenters. The highest BCUT2D eigenvalue weighted by molar-refractivity contribution is 6.11. The molecule has 0 bridgehead atoms. The van der Waals surface area contributed by atoms with Crippen molar-refractivity contribution in [3.63, 3.8) is 0 Å². The van der Waals surface area contributed by atoms with Gasteiger partial charge in [-0.25, -0.2) is 0 Å². The number of nitrogens with one attached hydrogen (secondary N) is 1. The van der Waals surface area contributed by atoms with Crippen LogP contribution in [0.3, 0.4) is 0 Å². The van der Waals surface area contributed by atoms with E-state index < -0.39 is 4.92 Å². The minimum absolute atomic E-state index is 0.0762. The van der Waals surface area contributed by atoms with E-state index in [-0.39, 0.29) is 30.0 Å². The standard InChI is InChI=1S/C17H15N3O4/c1-11-10-16(21)18-14-4-2-3-5-15(14)19(11)17(22)12-6-8-13(9-7-12)20(23)24/h2-9,11H,10H2,1H3,(H,18,21)/t11-/m1/s1. The molecule has 0 saturated carbocycles. The largest absolute Gasteiger partial charge is 0.324 e. The van der Waals surface area contributed by atoms with Crippen molar-refractivity contribution < 1.29 is 14.5 Å². The molecule has 0 spiro atoms. The third-order valence-electron chi connectivity index (χ3n) is 3.90. The first-order valence-electron chi connectivity index (χ1n) is 7.44. The predicted molar refractivity (Wildman–Crippen MR) is 89.1 cm³/mol. The summed E-state index contributed by atoms with van der Waals surface area (Å²) in [5.41, 5.74) is 1.44. The van der Waals surface area contributed by atoms with Gasteiger partial charge in [0.2, 0.25) is 5.91 Å². The average Bonchev–Trinajstić information content (AvgIpc) is 2.68. The third kappa shape index (κ3) is 2.83. The second-order valence-electron chi connectivity index (χ2n) is 5.60. The lowest BCUT2D eigenvalue weighted by Crippen LogP contribution is -2.39. The Hall–Kier alpha value is -3.22. The molecule has 2 aromatic rings. The molecule has 122 valence electrons. The van der Waals surface area contributed by atoms with E-state index >= 15 is 0 Å². The van der Waals surface area contributed by atoms with Gasteiger partial charge in [0.25, 0.3) is 11.6 Å². The molecule has 2 amide bonds. The fourth-order valence-corrected chi connectivity index (χ4v) is 2.76. The van der Waals surface area contributed by atoms with Gasteiger partial charge in [0.15, 0.2) is 0 Å². The van der Waals surface area contributed by atoms with Gasteiger partial charge >= 0.3 is 0 Å². The molecule has 0 unspecified atom stereocenters. The summed E-state index contributed by atoms with van der Waals surface area (Å²) in [4.78, 5) is 36.7. The fourth-order valence-electron chi connectivity index (χ4n) is 2.76. The van der Waals surface area contributed by atoms with Crippen LogP contribution in [0.15, 0.2) is 48.5 Å². The number of amides is 2. The molecule has 1 aliphatic heterocycles. The summed E-state index contributed by atoms with van der Waals surface area (Å²) in [5, 5.41) is 13.5. The SMILES string of the molecule is C[C@@H]1CC(=O)Nc2ccccc2N1C(=O)c1ccc([N+](=O)[O-])cc1. The maximum atomic E-state index is 12.9. The van der Waals surface area contributed by atoms with Crippen LogP contribution in [0.25, 0.3) is 0 Å². The first-order valence-corrected chi connectivity index (χ1v) is 7.44. The van der Waals surface area contributed by atoms with Crippen molar-refractivity contribution in [1.29, 1.82) is 0 Å². The number of nitro benzene ring substituents is 1. The Balaban J connectivity index is 2.01. The Bertz CT molecular complexity index is 817. The minimum Gasteiger partial charge on any atom is -0.324 e. The van der Waals surface area contributed by atoms with Gasteiger partial charge in [-0.1, -0.05) is 12.1 Å². The number of anilines is 2. The van der Waals surface area contributed by atoms with Crippen LogP contribution in [0.5, 0.6) is 0 Å². The van der Waals surface area contributed by atoms with Gasteiger partial charge in [0, 0.05) is 30.2 Å². The first kappa shape index (κ1) is 15.7. The zero-order valence-corrected chi connectivity index (χ0v) is 12.9. The van der Waals surface area contributed by atoms with Gasteiger partial charge < -0.3 is 10.2 Å². The highest BCUT2D eigenvalue weighted by Crippen LogP contribution is 2.32. The zero-order chi connectivity index (χ0) is 17.3. The molecule has 24 heavy (non-hydrogen) atoms. The number of benzene rings is 2. The Labute approximate surface area is 138 Å². The predicted octanol–water partition coefficient (Wildman–Crippen LogP) is 2.97. The highest BCUT2D eigenvalue weighted by Gasteiger charge is 2.30. The number of non-ortho nitro benzene ring substituents is 1.